The number of aliphatic hydroxyl groups is 1. The summed E-state index contributed by atoms with van der Waals surface area (Å²) in [5.41, 5.74) is -0.727. The molecule has 0 aliphatic rings. The fraction of sp³-hybridized carbons (Fsp3) is 0.381. The molecule has 30 heavy (non-hydrogen) atoms. The number of hydrogen-bond acceptors (Lipinski definition) is 5. The molecule has 0 spiro atoms. The predicted molar refractivity (Wildman–Crippen MR) is 109 cm³/mol. The minimum atomic E-state index is -2.83. The van der Waals surface area contributed by atoms with Crippen LogP contribution in [0.15, 0.2) is 35.4 Å². The quantitative estimate of drug-likeness (QED) is 0.509. The number of unbranched alkanes of at least 4 members (excludes halogenated alkanes) is 2. The van der Waals surface area contributed by atoms with Gasteiger partial charge in [0.25, 0.3) is 12.0 Å². The monoisotopic (exact) mass is 420 g/mol. The van der Waals surface area contributed by atoms with E-state index in [1.54, 1.807) is 16.8 Å². The minimum absolute atomic E-state index is 0.00139. The van der Waals surface area contributed by atoms with Crippen LogP contribution in [0.4, 0.5) is 19.0 Å². The number of aliphatic hydroxyl groups excluding tert-OH is 1. The molecule has 1 aromatic carbocycles. The van der Waals surface area contributed by atoms with Crippen LogP contribution >= 0.6 is 0 Å². The van der Waals surface area contributed by atoms with E-state index in [4.69, 9.17) is 5.11 Å². The molecule has 2 aromatic heterocycles. The van der Waals surface area contributed by atoms with E-state index in [2.05, 4.69) is 22.2 Å². The van der Waals surface area contributed by atoms with Crippen LogP contribution in [0.25, 0.3) is 22.2 Å². The summed E-state index contributed by atoms with van der Waals surface area (Å²) >= 11 is 0. The van der Waals surface area contributed by atoms with Crippen LogP contribution < -0.4 is 10.9 Å². The van der Waals surface area contributed by atoms with E-state index in [1.165, 1.54) is 6.07 Å². The molecule has 0 aliphatic heterocycles. The first kappa shape index (κ1) is 21.8. The van der Waals surface area contributed by atoms with Crippen molar-refractivity contribution in [3.05, 3.63) is 52.3 Å². The lowest BCUT2D eigenvalue weighted by Gasteiger charge is -2.12. The second kappa shape index (κ2) is 9.71. The van der Waals surface area contributed by atoms with Gasteiger partial charge in [0.1, 0.15) is 11.6 Å². The smallest absolute Gasteiger partial charge is 0.268 e. The van der Waals surface area contributed by atoms with Gasteiger partial charge in [0.15, 0.2) is 5.82 Å². The Balaban J connectivity index is 2.03. The molecule has 3 rings (SSSR count). The van der Waals surface area contributed by atoms with Crippen molar-refractivity contribution >= 4 is 16.6 Å². The molecule has 0 saturated heterocycles. The van der Waals surface area contributed by atoms with Crippen molar-refractivity contribution in [1.82, 2.24) is 14.5 Å². The van der Waals surface area contributed by atoms with Crippen LogP contribution in [0.5, 0.6) is 0 Å². The highest BCUT2D eigenvalue weighted by Gasteiger charge is 2.19. The third-order valence-corrected chi connectivity index (χ3v) is 4.76. The fourth-order valence-electron chi connectivity index (χ4n) is 3.18. The highest BCUT2D eigenvalue weighted by molar-refractivity contribution is 5.86. The fourth-order valence-corrected chi connectivity index (χ4v) is 3.18. The zero-order valence-corrected chi connectivity index (χ0v) is 16.5. The molecular formula is C21H23F3N4O2. The van der Waals surface area contributed by atoms with Gasteiger partial charge in [-0.25, -0.2) is 23.1 Å². The lowest BCUT2D eigenvalue weighted by Crippen LogP contribution is -2.19. The number of aromatic nitrogens is 3. The summed E-state index contributed by atoms with van der Waals surface area (Å²) in [4.78, 5) is 20.6. The molecule has 0 fully saturated rings. The van der Waals surface area contributed by atoms with Gasteiger partial charge in [-0.1, -0.05) is 19.8 Å². The van der Waals surface area contributed by atoms with Gasteiger partial charge >= 0.3 is 0 Å². The molecule has 160 valence electrons. The van der Waals surface area contributed by atoms with E-state index in [0.29, 0.717) is 11.9 Å². The third kappa shape index (κ3) is 4.62. The Morgan fingerprint density at radius 3 is 2.77 bits per heavy atom. The summed E-state index contributed by atoms with van der Waals surface area (Å²) in [6.45, 7) is 2.36. The molecule has 0 aliphatic carbocycles. The average molecular weight is 420 g/mol. The van der Waals surface area contributed by atoms with Crippen LogP contribution in [0, 0.1) is 5.82 Å². The van der Waals surface area contributed by atoms with Crippen molar-refractivity contribution in [2.24, 2.45) is 0 Å². The van der Waals surface area contributed by atoms with Crippen molar-refractivity contribution < 1.29 is 18.3 Å². The molecular weight excluding hydrogens is 397 g/mol. The van der Waals surface area contributed by atoms with Gasteiger partial charge in [0.05, 0.1) is 23.1 Å². The highest BCUT2D eigenvalue weighted by atomic mass is 19.3. The van der Waals surface area contributed by atoms with Crippen molar-refractivity contribution in [2.75, 3.05) is 18.5 Å². The maximum atomic E-state index is 14.8. The Morgan fingerprint density at radius 2 is 2.07 bits per heavy atom. The first-order valence-corrected chi connectivity index (χ1v) is 9.79. The van der Waals surface area contributed by atoms with Gasteiger partial charge < -0.3 is 15.0 Å². The third-order valence-electron chi connectivity index (χ3n) is 4.76. The summed E-state index contributed by atoms with van der Waals surface area (Å²) in [5, 5.41) is 12.3. The van der Waals surface area contributed by atoms with Gasteiger partial charge in [0, 0.05) is 25.5 Å². The van der Waals surface area contributed by atoms with Gasteiger partial charge in [0.2, 0.25) is 0 Å². The van der Waals surface area contributed by atoms with Crippen molar-refractivity contribution in [1.29, 1.82) is 0 Å². The number of anilines is 1. The maximum Gasteiger partial charge on any atom is 0.268 e. The van der Waals surface area contributed by atoms with E-state index in [9.17, 15) is 18.0 Å². The second-order valence-electron chi connectivity index (χ2n) is 6.89. The van der Waals surface area contributed by atoms with Gasteiger partial charge in [-0.3, -0.25) is 4.79 Å². The molecule has 2 heterocycles. The zero-order valence-electron chi connectivity index (χ0n) is 16.5. The highest BCUT2D eigenvalue weighted by Crippen LogP contribution is 2.29. The number of halogens is 3. The Hall–Kier alpha value is -2.94. The second-order valence-corrected chi connectivity index (χ2v) is 6.89. The molecule has 0 saturated carbocycles. The minimum Gasteiger partial charge on any atom is -0.395 e. The molecule has 0 atom stereocenters. The summed E-state index contributed by atoms with van der Waals surface area (Å²) < 4.78 is 42.7. The summed E-state index contributed by atoms with van der Waals surface area (Å²) in [7, 11) is 0. The zero-order chi connectivity index (χ0) is 21.7. The summed E-state index contributed by atoms with van der Waals surface area (Å²) in [5.74, 6) is -0.981. The van der Waals surface area contributed by atoms with E-state index in [0.717, 1.165) is 31.5 Å². The average Bonchev–Trinajstić information content (AvgIpc) is 2.73. The molecule has 2 N–H and O–H groups in total. The first-order valence-electron chi connectivity index (χ1n) is 9.79. The van der Waals surface area contributed by atoms with Crippen molar-refractivity contribution in [2.45, 2.75) is 39.2 Å². The Labute approximate surface area is 171 Å². The van der Waals surface area contributed by atoms with Crippen LogP contribution in [0.1, 0.15) is 38.2 Å². The lowest BCUT2D eigenvalue weighted by atomic mass is 10.1. The summed E-state index contributed by atoms with van der Waals surface area (Å²) in [6.07, 6.45) is 2.65. The number of rotatable bonds is 9. The molecule has 0 unspecified atom stereocenters. The molecule has 3 aromatic rings. The standard InChI is InChI=1S/C21H23F3N4O2/c1-2-3-4-7-28-8-5-13-10-15(17(22)11-14(13)21(28)30)19-26-12-16(18(23)24)20(27-19)25-6-9-29/h5,8,10-12,18,29H,2-4,6-7,9H2,1H3,(H,25,26,27). The molecule has 0 amide bonds. The molecule has 0 bridgehead atoms. The van der Waals surface area contributed by atoms with Crippen molar-refractivity contribution in [3.8, 4) is 11.4 Å². The number of nitrogens with zero attached hydrogens (tertiary/aromatic N) is 3. The van der Waals surface area contributed by atoms with Crippen molar-refractivity contribution in [3.63, 3.8) is 0 Å². The van der Waals surface area contributed by atoms with E-state index in [1.807, 2.05) is 0 Å². The van der Waals surface area contributed by atoms with Gasteiger partial charge in [-0.2, -0.15) is 0 Å². The number of pyridine rings is 1. The topological polar surface area (TPSA) is 80.0 Å². The summed E-state index contributed by atoms with van der Waals surface area (Å²) in [6, 6.07) is 4.29. The number of alkyl halides is 2. The SMILES string of the molecule is CCCCCn1ccc2cc(-c3ncc(C(F)F)c(NCCO)n3)c(F)cc2c1=O. The maximum absolute atomic E-state index is 14.8. The van der Waals surface area contributed by atoms with Crippen LogP contribution in [-0.2, 0) is 6.54 Å². The first-order chi connectivity index (χ1) is 14.5. The van der Waals surface area contributed by atoms with Crippen LogP contribution in [0.2, 0.25) is 0 Å². The number of hydrogen-bond donors (Lipinski definition) is 2. The molecule has 9 heteroatoms. The lowest BCUT2D eigenvalue weighted by molar-refractivity contribution is 0.151. The number of aryl methyl sites for hydroxylation is 1. The number of nitrogens with one attached hydrogen (secondary N) is 1. The van der Waals surface area contributed by atoms with Crippen LogP contribution in [0.3, 0.4) is 0 Å². The van der Waals surface area contributed by atoms with Gasteiger partial charge in [-0.05, 0) is 30.0 Å². The Morgan fingerprint density at radius 1 is 1.27 bits per heavy atom. The Kier molecular flexibility index (Phi) is 7.04. The van der Waals surface area contributed by atoms with E-state index in [-0.39, 0.29) is 41.3 Å². The normalized spacial score (nSPS) is 11.4. The van der Waals surface area contributed by atoms with E-state index < -0.39 is 17.8 Å². The van der Waals surface area contributed by atoms with Gasteiger partial charge in [-0.15, -0.1) is 0 Å². The molecule has 6 nitrogen and oxygen atoms in total. The van der Waals surface area contributed by atoms with Crippen LogP contribution in [-0.4, -0.2) is 32.8 Å². The predicted octanol–water partition coefficient (Wildman–Crippen LogP) is 4.13. The molecule has 0 radical (unpaired) electrons. The van der Waals surface area contributed by atoms with E-state index >= 15 is 0 Å². The number of benzene rings is 1. The Bertz CT molecular complexity index is 1090. The largest absolute Gasteiger partial charge is 0.395 e. The number of fused-ring (bicyclic) bond motifs is 1.